The summed E-state index contributed by atoms with van der Waals surface area (Å²) >= 11 is 0. The molecule has 0 bridgehead atoms. The molecule has 0 aliphatic carbocycles. The van der Waals surface area contributed by atoms with Gasteiger partial charge in [-0.25, -0.2) is 0 Å². The summed E-state index contributed by atoms with van der Waals surface area (Å²) in [5.41, 5.74) is 3.00. The van der Waals surface area contributed by atoms with Crippen molar-refractivity contribution in [1.82, 2.24) is 15.5 Å². The zero-order valence-corrected chi connectivity index (χ0v) is 17.9. The third-order valence-corrected chi connectivity index (χ3v) is 4.20. The first-order chi connectivity index (χ1) is 11.8. The highest BCUT2D eigenvalue weighted by atomic mass is 127. The predicted octanol–water partition coefficient (Wildman–Crippen LogP) is 2.64. The summed E-state index contributed by atoms with van der Waals surface area (Å²) in [7, 11) is 0. The van der Waals surface area contributed by atoms with Crippen LogP contribution in [-0.4, -0.2) is 56.8 Å². The Balaban J connectivity index is 0.00000312. The number of rotatable bonds is 9. The topological polar surface area (TPSA) is 48.9 Å². The van der Waals surface area contributed by atoms with Crippen LogP contribution in [0.5, 0.6) is 0 Å². The first kappa shape index (κ1) is 22.2. The summed E-state index contributed by atoms with van der Waals surface area (Å²) in [6.07, 6.45) is 2.26. The number of aliphatic imine (C=N–C) groups is 1. The molecule has 0 saturated heterocycles. The zero-order valence-electron chi connectivity index (χ0n) is 15.6. The number of nitrogens with zero attached hydrogens (tertiary/aromatic N) is 2. The highest BCUT2D eigenvalue weighted by molar-refractivity contribution is 14.0. The van der Waals surface area contributed by atoms with Crippen LogP contribution in [0, 0.1) is 0 Å². The molecule has 25 heavy (non-hydrogen) atoms. The number of benzene rings is 1. The summed E-state index contributed by atoms with van der Waals surface area (Å²) < 4.78 is 5.34. The van der Waals surface area contributed by atoms with Crippen LogP contribution in [0.3, 0.4) is 0 Å². The summed E-state index contributed by atoms with van der Waals surface area (Å²) in [5, 5.41) is 6.59. The van der Waals surface area contributed by atoms with Crippen LogP contribution in [0.15, 0.2) is 29.3 Å². The Morgan fingerprint density at radius 2 is 2.00 bits per heavy atom. The van der Waals surface area contributed by atoms with Gasteiger partial charge in [0, 0.05) is 45.9 Å². The standard InChI is InChI=1S/C19H32N4O.HI/c1-3-20-19(22-12-15-24-4-2)21-11-7-13-23-14-10-17-8-5-6-9-18(17)16-23;/h5-6,8-9H,3-4,7,10-16H2,1-2H3,(H2,20,21,22);1H. The van der Waals surface area contributed by atoms with Gasteiger partial charge in [0.25, 0.3) is 0 Å². The smallest absolute Gasteiger partial charge is 0.191 e. The summed E-state index contributed by atoms with van der Waals surface area (Å²) in [6.45, 7) is 11.4. The van der Waals surface area contributed by atoms with E-state index in [2.05, 4.69) is 51.7 Å². The van der Waals surface area contributed by atoms with Gasteiger partial charge in [-0.2, -0.15) is 0 Å². The molecule has 0 unspecified atom stereocenters. The van der Waals surface area contributed by atoms with Crippen LogP contribution < -0.4 is 10.6 Å². The Morgan fingerprint density at radius 1 is 1.20 bits per heavy atom. The highest BCUT2D eigenvalue weighted by Crippen LogP contribution is 2.18. The first-order valence-corrected chi connectivity index (χ1v) is 9.22. The third kappa shape index (κ3) is 8.37. The van der Waals surface area contributed by atoms with Crippen LogP contribution in [0.25, 0.3) is 0 Å². The van der Waals surface area contributed by atoms with Crippen molar-refractivity contribution >= 4 is 29.9 Å². The molecule has 1 aromatic rings. The molecule has 1 aromatic carbocycles. The molecule has 6 heteroatoms. The number of ether oxygens (including phenoxy) is 1. The average molecular weight is 460 g/mol. The molecule has 1 heterocycles. The van der Waals surface area contributed by atoms with Crippen LogP contribution in [0.4, 0.5) is 0 Å². The second-order valence-electron chi connectivity index (χ2n) is 6.03. The lowest BCUT2D eigenvalue weighted by Crippen LogP contribution is -2.39. The molecule has 2 N–H and O–H groups in total. The molecular weight excluding hydrogens is 427 g/mol. The van der Waals surface area contributed by atoms with Gasteiger partial charge in [0.1, 0.15) is 0 Å². The molecule has 0 amide bonds. The van der Waals surface area contributed by atoms with Crippen molar-refractivity contribution < 1.29 is 4.74 Å². The molecule has 0 spiro atoms. The number of guanidine groups is 1. The molecule has 0 aromatic heterocycles. The van der Waals surface area contributed by atoms with E-state index in [4.69, 9.17) is 4.74 Å². The van der Waals surface area contributed by atoms with Crippen molar-refractivity contribution in [2.24, 2.45) is 4.99 Å². The van der Waals surface area contributed by atoms with Gasteiger partial charge in [0.05, 0.1) is 6.61 Å². The van der Waals surface area contributed by atoms with E-state index in [1.54, 1.807) is 0 Å². The predicted molar refractivity (Wildman–Crippen MR) is 116 cm³/mol. The van der Waals surface area contributed by atoms with Gasteiger partial charge >= 0.3 is 0 Å². The maximum atomic E-state index is 5.34. The van der Waals surface area contributed by atoms with E-state index in [1.165, 1.54) is 17.5 Å². The molecule has 1 aliphatic heterocycles. The average Bonchev–Trinajstić information content (AvgIpc) is 2.62. The normalized spacial score (nSPS) is 14.6. The van der Waals surface area contributed by atoms with Gasteiger partial charge in [-0.1, -0.05) is 24.3 Å². The monoisotopic (exact) mass is 460 g/mol. The molecular formula is C19H33IN4O. The van der Waals surface area contributed by atoms with E-state index in [0.717, 1.165) is 58.3 Å². The highest BCUT2D eigenvalue weighted by Gasteiger charge is 2.14. The minimum atomic E-state index is 0. The summed E-state index contributed by atoms with van der Waals surface area (Å²) in [5.74, 6) is 0.890. The molecule has 1 aliphatic rings. The summed E-state index contributed by atoms with van der Waals surface area (Å²) in [4.78, 5) is 7.19. The lowest BCUT2D eigenvalue weighted by molar-refractivity contribution is 0.152. The van der Waals surface area contributed by atoms with Crippen molar-refractivity contribution in [2.75, 3.05) is 45.9 Å². The van der Waals surface area contributed by atoms with E-state index < -0.39 is 0 Å². The fourth-order valence-corrected chi connectivity index (χ4v) is 2.96. The van der Waals surface area contributed by atoms with E-state index in [9.17, 15) is 0 Å². The molecule has 2 rings (SSSR count). The second kappa shape index (κ2) is 13.4. The minimum Gasteiger partial charge on any atom is -0.380 e. The Labute approximate surface area is 169 Å². The quantitative estimate of drug-likeness (QED) is 0.258. The SMILES string of the molecule is CCNC(=NCCCN1CCc2ccccc2C1)NCCOCC.I. The molecule has 142 valence electrons. The molecule has 0 saturated carbocycles. The number of hydrogen-bond acceptors (Lipinski definition) is 3. The molecule has 0 radical (unpaired) electrons. The maximum absolute atomic E-state index is 5.34. The molecule has 0 atom stereocenters. The minimum absolute atomic E-state index is 0. The van der Waals surface area contributed by atoms with Gasteiger partial charge < -0.3 is 15.4 Å². The first-order valence-electron chi connectivity index (χ1n) is 9.22. The Bertz CT molecular complexity index is 510. The Kier molecular flexibility index (Phi) is 11.9. The fourth-order valence-electron chi connectivity index (χ4n) is 2.96. The van der Waals surface area contributed by atoms with Crippen molar-refractivity contribution in [2.45, 2.75) is 33.2 Å². The van der Waals surface area contributed by atoms with Crippen LogP contribution in [0.1, 0.15) is 31.4 Å². The van der Waals surface area contributed by atoms with Gasteiger partial charge in [0.15, 0.2) is 5.96 Å². The molecule has 5 nitrogen and oxygen atoms in total. The second-order valence-corrected chi connectivity index (χ2v) is 6.03. The Hall–Kier alpha value is -0.860. The number of hydrogen-bond donors (Lipinski definition) is 2. The van der Waals surface area contributed by atoms with E-state index in [-0.39, 0.29) is 24.0 Å². The number of nitrogens with one attached hydrogen (secondary N) is 2. The fraction of sp³-hybridized carbons (Fsp3) is 0.632. The zero-order chi connectivity index (χ0) is 17.0. The van der Waals surface area contributed by atoms with Crippen molar-refractivity contribution in [1.29, 1.82) is 0 Å². The van der Waals surface area contributed by atoms with Gasteiger partial charge in [-0.3, -0.25) is 9.89 Å². The van der Waals surface area contributed by atoms with E-state index in [0.29, 0.717) is 6.61 Å². The van der Waals surface area contributed by atoms with Gasteiger partial charge in [0.2, 0.25) is 0 Å². The Morgan fingerprint density at radius 3 is 2.76 bits per heavy atom. The van der Waals surface area contributed by atoms with Crippen molar-refractivity contribution in [3.8, 4) is 0 Å². The van der Waals surface area contributed by atoms with E-state index in [1.807, 2.05) is 6.92 Å². The summed E-state index contributed by atoms with van der Waals surface area (Å²) in [6, 6.07) is 8.80. The third-order valence-electron chi connectivity index (χ3n) is 4.20. The molecule has 0 fully saturated rings. The number of halogens is 1. The van der Waals surface area contributed by atoms with Crippen molar-refractivity contribution in [3.05, 3.63) is 35.4 Å². The van der Waals surface area contributed by atoms with Crippen LogP contribution >= 0.6 is 24.0 Å². The van der Waals surface area contributed by atoms with Gasteiger partial charge in [-0.05, 0) is 37.8 Å². The number of fused-ring (bicyclic) bond motifs is 1. The van der Waals surface area contributed by atoms with Crippen LogP contribution in [0.2, 0.25) is 0 Å². The van der Waals surface area contributed by atoms with Crippen LogP contribution in [-0.2, 0) is 17.7 Å². The maximum Gasteiger partial charge on any atom is 0.191 e. The van der Waals surface area contributed by atoms with Crippen molar-refractivity contribution in [3.63, 3.8) is 0 Å². The van der Waals surface area contributed by atoms with Gasteiger partial charge in [-0.15, -0.1) is 24.0 Å². The van der Waals surface area contributed by atoms with E-state index >= 15 is 0 Å². The largest absolute Gasteiger partial charge is 0.380 e. The lowest BCUT2D eigenvalue weighted by Gasteiger charge is -2.28. The lowest BCUT2D eigenvalue weighted by atomic mass is 10.00.